The highest BCUT2D eigenvalue weighted by atomic mass is 16.1. The second-order valence-electron chi connectivity index (χ2n) is 7.86. The monoisotopic (exact) mass is 362 g/mol. The lowest BCUT2D eigenvalue weighted by atomic mass is 9.87. The Labute approximate surface area is 160 Å². The van der Waals surface area contributed by atoms with Crippen LogP contribution in [0.5, 0.6) is 0 Å². The minimum Gasteiger partial charge on any atom is -0.307 e. The van der Waals surface area contributed by atoms with Gasteiger partial charge in [0.25, 0.3) is 5.91 Å². The van der Waals surface area contributed by atoms with Gasteiger partial charge in [-0.1, -0.05) is 45.0 Å². The molecule has 0 saturated carbocycles. The number of amides is 1. The number of hydrogen-bond acceptors (Lipinski definition) is 3. The van der Waals surface area contributed by atoms with E-state index in [1.807, 2.05) is 19.9 Å². The molecule has 140 valence electrons. The lowest BCUT2D eigenvalue weighted by molar-refractivity contribution is 0.102. The summed E-state index contributed by atoms with van der Waals surface area (Å²) in [4.78, 5) is 17.0. The Hall–Kier alpha value is -2.95. The van der Waals surface area contributed by atoms with Crippen molar-refractivity contribution in [1.82, 2.24) is 14.8 Å². The summed E-state index contributed by atoms with van der Waals surface area (Å²) in [5, 5.41) is 7.30. The number of aryl methyl sites for hydroxylation is 2. The second kappa shape index (κ2) is 7.35. The molecule has 5 heteroatoms. The van der Waals surface area contributed by atoms with Gasteiger partial charge in [0.15, 0.2) is 0 Å². The van der Waals surface area contributed by atoms with Crippen molar-refractivity contribution < 1.29 is 4.79 Å². The highest BCUT2D eigenvalue weighted by molar-refractivity contribution is 6.04. The van der Waals surface area contributed by atoms with Gasteiger partial charge in [0.05, 0.1) is 24.0 Å². The van der Waals surface area contributed by atoms with Crippen LogP contribution >= 0.6 is 0 Å². The molecule has 2 heterocycles. The molecule has 0 aliphatic carbocycles. The first-order chi connectivity index (χ1) is 12.7. The summed E-state index contributed by atoms with van der Waals surface area (Å²) in [6.07, 6.45) is 1.69. The van der Waals surface area contributed by atoms with Crippen LogP contribution in [-0.2, 0) is 12.0 Å². The normalized spacial score (nSPS) is 11.4. The number of rotatable bonds is 4. The third kappa shape index (κ3) is 4.42. The summed E-state index contributed by atoms with van der Waals surface area (Å²) in [7, 11) is 0. The van der Waals surface area contributed by atoms with Crippen molar-refractivity contribution >= 4 is 11.7 Å². The van der Waals surface area contributed by atoms with Gasteiger partial charge in [0.1, 0.15) is 5.82 Å². The first-order valence-corrected chi connectivity index (χ1v) is 9.11. The summed E-state index contributed by atoms with van der Waals surface area (Å²) in [5.41, 5.74) is 4.74. The highest BCUT2D eigenvalue weighted by Gasteiger charge is 2.15. The molecule has 1 amide bonds. The molecule has 1 aromatic carbocycles. The SMILES string of the molecule is Cc1ccc(C(=O)Nc2ccnn2Cc2ccc(C(C)(C)C)cc2)c(C)n1. The van der Waals surface area contributed by atoms with E-state index in [1.165, 1.54) is 5.56 Å². The van der Waals surface area contributed by atoms with Crippen LogP contribution in [0.3, 0.4) is 0 Å². The van der Waals surface area contributed by atoms with Crippen molar-refractivity contribution in [2.24, 2.45) is 0 Å². The Morgan fingerprint density at radius 2 is 1.74 bits per heavy atom. The molecule has 0 atom stereocenters. The molecule has 0 unspecified atom stereocenters. The third-order valence-electron chi connectivity index (χ3n) is 4.58. The molecule has 2 aromatic heterocycles. The smallest absolute Gasteiger partial charge is 0.258 e. The molecule has 0 aliphatic rings. The molecule has 27 heavy (non-hydrogen) atoms. The standard InChI is InChI=1S/C22H26N4O/c1-15-6-11-19(16(2)24-15)21(27)25-20-12-13-23-26(20)14-17-7-9-18(10-8-17)22(3,4)5/h6-13H,14H2,1-5H3,(H,25,27). The van der Waals surface area contributed by atoms with E-state index in [-0.39, 0.29) is 11.3 Å². The van der Waals surface area contributed by atoms with Crippen LogP contribution in [-0.4, -0.2) is 20.7 Å². The van der Waals surface area contributed by atoms with E-state index >= 15 is 0 Å². The number of aromatic nitrogens is 3. The first kappa shape index (κ1) is 18.8. The Morgan fingerprint density at radius 3 is 2.37 bits per heavy atom. The Balaban J connectivity index is 1.75. The van der Waals surface area contributed by atoms with E-state index in [1.54, 1.807) is 23.0 Å². The average Bonchev–Trinajstić information content (AvgIpc) is 3.01. The van der Waals surface area contributed by atoms with E-state index in [9.17, 15) is 4.79 Å². The molecule has 5 nitrogen and oxygen atoms in total. The van der Waals surface area contributed by atoms with Gasteiger partial charge in [-0.15, -0.1) is 0 Å². The summed E-state index contributed by atoms with van der Waals surface area (Å²) in [6.45, 7) is 10.9. The van der Waals surface area contributed by atoms with Crippen LogP contribution < -0.4 is 5.32 Å². The Morgan fingerprint density at radius 1 is 1.04 bits per heavy atom. The van der Waals surface area contributed by atoms with Crippen LogP contribution in [0.25, 0.3) is 0 Å². The minimum atomic E-state index is -0.176. The Kier molecular flexibility index (Phi) is 5.13. The minimum absolute atomic E-state index is 0.128. The van der Waals surface area contributed by atoms with Gasteiger partial charge in [0, 0.05) is 11.8 Å². The van der Waals surface area contributed by atoms with E-state index in [0.717, 1.165) is 17.0 Å². The maximum Gasteiger partial charge on any atom is 0.258 e. The molecule has 0 bridgehead atoms. The van der Waals surface area contributed by atoms with E-state index in [4.69, 9.17) is 0 Å². The van der Waals surface area contributed by atoms with Gasteiger partial charge in [-0.05, 0) is 42.5 Å². The van der Waals surface area contributed by atoms with Crippen LogP contribution in [0.15, 0.2) is 48.7 Å². The molecule has 3 aromatic rings. The predicted molar refractivity (Wildman–Crippen MR) is 108 cm³/mol. The number of hydrogen-bond donors (Lipinski definition) is 1. The summed E-state index contributed by atoms with van der Waals surface area (Å²) in [6, 6.07) is 14.0. The number of nitrogens with one attached hydrogen (secondary N) is 1. The van der Waals surface area contributed by atoms with Gasteiger partial charge >= 0.3 is 0 Å². The lowest BCUT2D eigenvalue weighted by Gasteiger charge is -2.19. The van der Waals surface area contributed by atoms with Gasteiger partial charge in [-0.25, -0.2) is 4.68 Å². The van der Waals surface area contributed by atoms with Crippen molar-refractivity contribution in [3.8, 4) is 0 Å². The van der Waals surface area contributed by atoms with Gasteiger partial charge < -0.3 is 5.32 Å². The molecule has 1 N–H and O–H groups in total. The third-order valence-corrected chi connectivity index (χ3v) is 4.58. The lowest BCUT2D eigenvalue weighted by Crippen LogP contribution is -2.18. The van der Waals surface area contributed by atoms with Gasteiger partial charge in [-0.2, -0.15) is 5.10 Å². The van der Waals surface area contributed by atoms with Crippen molar-refractivity contribution in [3.05, 3.63) is 76.7 Å². The summed E-state index contributed by atoms with van der Waals surface area (Å²) < 4.78 is 1.79. The summed E-state index contributed by atoms with van der Waals surface area (Å²) in [5.74, 6) is 0.490. The highest BCUT2D eigenvalue weighted by Crippen LogP contribution is 2.22. The number of pyridine rings is 1. The fraction of sp³-hybridized carbons (Fsp3) is 0.318. The van der Waals surface area contributed by atoms with Gasteiger partial charge in [-0.3, -0.25) is 9.78 Å². The average molecular weight is 362 g/mol. The van der Waals surface area contributed by atoms with Crippen molar-refractivity contribution in [3.63, 3.8) is 0 Å². The topological polar surface area (TPSA) is 59.8 Å². The number of carbonyl (C=O) groups excluding carboxylic acids is 1. The van der Waals surface area contributed by atoms with Crippen LogP contribution in [0.2, 0.25) is 0 Å². The number of benzene rings is 1. The van der Waals surface area contributed by atoms with Crippen molar-refractivity contribution in [2.75, 3.05) is 5.32 Å². The first-order valence-electron chi connectivity index (χ1n) is 9.11. The van der Waals surface area contributed by atoms with E-state index in [0.29, 0.717) is 17.9 Å². The van der Waals surface area contributed by atoms with Gasteiger partial charge in [0.2, 0.25) is 0 Å². The zero-order valence-corrected chi connectivity index (χ0v) is 16.6. The fourth-order valence-electron chi connectivity index (χ4n) is 2.96. The molecule has 3 rings (SSSR count). The Bertz CT molecular complexity index is 949. The predicted octanol–water partition coefficient (Wildman–Crippen LogP) is 4.49. The maximum atomic E-state index is 12.6. The van der Waals surface area contributed by atoms with Crippen LogP contribution in [0.1, 0.15) is 53.6 Å². The molecule has 0 fully saturated rings. The van der Waals surface area contributed by atoms with Crippen LogP contribution in [0, 0.1) is 13.8 Å². The quantitative estimate of drug-likeness (QED) is 0.744. The molecular formula is C22H26N4O. The molecular weight excluding hydrogens is 336 g/mol. The van der Waals surface area contributed by atoms with Crippen LogP contribution in [0.4, 0.5) is 5.82 Å². The number of carbonyl (C=O) groups is 1. The summed E-state index contributed by atoms with van der Waals surface area (Å²) >= 11 is 0. The number of anilines is 1. The maximum absolute atomic E-state index is 12.6. The largest absolute Gasteiger partial charge is 0.307 e. The van der Waals surface area contributed by atoms with E-state index < -0.39 is 0 Å². The zero-order valence-electron chi connectivity index (χ0n) is 16.6. The van der Waals surface area contributed by atoms with E-state index in [2.05, 4.69) is 60.4 Å². The molecule has 0 aliphatic heterocycles. The molecule has 0 spiro atoms. The fourth-order valence-corrected chi connectivity index (χ4v) is 2.96. The van der Waals surface area contributed by atoms with Crippen molar-refractivity contribution in [1.29, 1.82) is 0 Å². The molecule has 0 radical (unpaired) electrons. The second-order valence-corrected chi connectivity index (χ2v) is 7.86. The molecule has 0 saturated heterocycles. The van der Waals surface area contributed by atoms with Crippen molar-refractivity contribution in [2.45, 2.75) is 46.6 Å². The number of nitrogens with zero attached hydrogens (tertiary/aromatic N) is 3. The zero-order chi connectivity index (χ0) is 19.6.